The summed E-state index contributed by atoms with van der Waals surface area (Å²) in [6.07, 6.45) is 2.27. The molecule has 0 saturated carbocycles. The van der Waals surface area contributed by atoms with Gasteiger partial charge in [0.1, 0.15) is 60.1 Å². The first kappa shape index (κ1) is 88.8. The Hall–Kier alpha value is -10.4. The lowest BCUT2D eigenvalue weighted by Gasteiger charge is -2.32. The van der Waals surface area contributed by atoms with E-state index in [1.807, 2.05) is 13.8 Å². The highest BCUT2D eigenvalue weighted by Crippen LogP contribution is 2.22. The molecule has 0 aromatic heterocycles. The van der Waals surface area contributed by atoms with Crippen LogP contribution in [0.25, 0.3) is 0 Å². The standard InChI is InChI=1S/C69H115N23O13/c1-7-41(6)56(65(104)88-49(22-15-31-81-69(77)78)66(105)92-32-16-23-53(92)64(103)87-46(19-11-12-28-70)60(99)89-50(57(72)96)33-39(2)3)91-61(100)48(21-14-30-80-68(75)76)85-59(98)47(20-13-29-79-67(73)74)86-62(101)51(34-40(4)5)90-63(102)52(36-42-17-9-8-10-18-42)84-55(95)38-82-54(94)37-83-58(97)45(71)35-43-24-26-44(93)27-25-43/h8-10,17-18,24-27,39-41,45-53,56,93H,7,11-16,19-23,28-38,70-71H2,1-6H3,(H2,72,96)(H,82,94)(H,83,97)(H,84,95)(H,85,98)(H,86,101)(H,87,103)(H,88,104)(H,89,99)(H,90,102)(H,91,100)(H4,73,74,79)(H4,75,76,80)(H4,77,78,81)/t41?,45-,46+,47-,48-,49-,50+,51-,52-,53+,56+/m1/s1. The molecule has 12 amide bonds. The van der Waals surface area contributed by atoms with Gasteiger partial charge in [-0.25, -0.2) is 0 Å². The molecule has 1 aliphatic heterocycles. The van der Waals surface area contributed by atoms with E-state index in [0.29, 0.717) is 43.4 Å². The zero-order chi connectivity index (χ0) is 78.3. The fourth-order valence-corrected chi connectivity index (χ4v) is 11.4. The fraction of sp³-hybridized carbons (Fsp3) is 0.609. The van der Waals surface area contributed by atoms with Crippen molar-refractivity contribution in [2.24, 2.45) is 84.3 Å². The summed E-state index contributed by atoms with van der Waals surface area (Å²) < 4.78 is 0. The molecule has 105 heavy (non-hydrogen) atoms. The summed E-state index contributed by atoms with van der Waals surface area (Å²) >= 11 is 0. The van der Waals surface area contributed by atoms with E-state index >= 15 is 0 Å². The van der Waals surface area contributed by atoms with E-state index in [-0.39, 0.29) is 139 Å². The number of carbonyl (C=O) groups is 12. The molecule has 1 fully saturated rings. The SMILES string of the molecule is CCC(C)[C@H](NC(=O)[C@@H](CCCN=C(N)N)NC(=O)[C@@H](CCCN=C(N)N)NC(=O)[C@@H](CC(C)C)NC(=O)[C@@H](Cc1ccccc1)NC(=O)CNC(=O)CNC(=O)[C@H](N)Cc1ccc(O)cc1)C(=O)N[C@H](CCCN=C(N)N)C(=O)N1CCC[C@H]1C(=O)N[C@@H](CCCCN)C(=O)N[C@@H](CC(C)C)C(N)=O. The van der Waals surface area contributed by atoms with Crippen LogP contribution in [0.15, 0.2) is 69.6 Å². The highest BCUT2D eigenvalue weighted by molar-refractivity contribution is 5.99. The zero-order valence-electron chi connectivity index (χ0n) is 61.3. The molecule has 2 aromatic rings. The number of rotatable bonds is 48. The monoisotopic (exact) mass is 1470 g/mol. The van der Waals surface area contributed by atoms with Crippen LogP contribution in [0, 0.1) is 17.8 Å². The number of likely N-dealkylation sites (tertiary alicyclic amines) is 1. The minimum atomic E-state index is -1.46. The summed E-state index contributed by atoms with van der Waals surface area (Å²) in [6, 6.07) is 2.08. The maximum absolute atomic E-state index is 14.9. The molecule has 3 rings (SSSR count). The number of amides is 12. The van der Waals surface area contributed by atoms with Crippen molar-refractivity contribution < 1.29 is 62.6 Å². The van der Waals surface area contributed by atoms with E-state index in [0.717, 1.165) is 0 Å². The number of phenols is 1. The van der Waals surface area contributed by atoms with Gasteiger partial charge in [-0.2, -0.15) is 0 Å². The Morgan fingerprint density at radius 2 is 0.952 bits per heavy atom. The first-order chi connectivity index (χ1) is 49.7. The third-order valence-corrected chi connectivity index (χ3v) is 17.2. The molecule has 36 nitrogen and oxygen atoms in total. The van der Waals surface area contributed by atoms with E-state index in [1.54, 1.807) is 70.2 Å². The summed E-state index contributed by atoms with van der Waals surface area (Å²) in [6.45, 7) is 9.98. The molecule has 1 saturated heterocycles. The molecule has 1 heterocycles. The van der Waals surface area contributed by atoms with Crippen LogP contribution in [0.3, 0.4) is 0 Å². The Balaban J connectivity index is 1.95. The summed E-state index contributed by atoms with van der Waals surface area (Å²) in [4.78, 5) is 181. The van der Waals surface area contributed by atoms with Gasteiger partial charge in [0.15, 0.2) is 17.9 Å². The van der Waals surface area contributed by atoms with Crippen LogP contribution in [-0.2, 0) is 70.4 Å². The average Bonchev–Trinajstić information content (AvgIpc) is 1.74. The lowest BCUT2D eigenvalue weighted by Crippen LogP contribution is -2.61. The zero-order valence-corrected chi connectivity index (χ0v) is 61.3. The van der Waals surface area contributed by atoms with Crippen molar-refractivity contribution in [2.45, 2.75) is 205 Å². The number of hydrogen-bond donors (Lipinski definition) is 20. The number of carbonyl (C=O) groups excluding carboxylic acids is 12. The third-order valence-electron chi connectivity index (χ3n) is 17.2. The number of nitrogens with one attached hydrogen (secondary N) is 10. The van der Waals surface area contributed by atoms with Gasteiger partial charge >= 0.3 is 0 Å². The van der Waals surface area contributed by atoms with Crippen LogP contribution in [0.4, 0.5) is 0 Å². The van der Waals surface area contributed by atoms with Gasteiger partial charge in [-0.3, -0.25) is 72.5 Å². The molecule has 1 aliphatic rings. The summed E-state index contributed by atoms with van der Waals surface area (Å²) in [5.74, 6) is -10.7. The van der Waals surface area contributed by atoms with Crippen molar-refractivity contribution in [3.63, 3.8) is 0 Å². The maximum atomic E-state index is 14.9. The Morgan fingerprint density at radius 1 is 0.495 bits per heavy atom. The first-order valence-electron chi connectivity index (χ1n) is 35.7. The quantitative estimate of drug-likeness (QED) is 0.0169. The van der Waals surface area contributed by atoms with Crippen molar-refractivity contribution in [3.05, 3.63) is 65.7 Å². The number of hydrogen-bond acceptors (Lipinski definition) is 18. The highest BCUT2D eigenvalue weighted by Gasteiger charge is 2.41. The minimum absolute atomic E-state index is 0.00815. The number of phenolic OH excluding ortho intramolecular Hbond substituents is 1. The Morgan fingerprint density at radius 3 is 1.48 bits per heavy atom. The van der Waals surface area contributed by atoms with Gasteiger partial charge < -0.3 is 115 Å². The molecule has 36 heteroatoms. The van der Waals surface area contributed by atoms with Crippen LogP contribution in [0.1, 0.15) is 143 Å². The Bertz CT molecular complexity index is 3250. The first-order valence-corrected chi connectivity index (χ1v) is 35.7. The molecule has 2 aromatic carbocycles. The fourth-order valence-electron chi connectivity index (χ4n) is 11.4. The number of unbranched alkanes of at least 4 members (excludes halogenated alkanes) is 1. The lowest BCUT2D eigenvalue weighted by molar-refractivity contribution is -0.143. The van der Waals surface area contributed by atoms with Crippen molar-refractivity contribution in [2.75, 3.05) is 45.8 Å². The van der Waals surface area contributed by atoms with E-state index in [2.05, 4.69) is 68.1 Å². The van der Waals surface area contributed by atoms with Crippen molar-refractivity contribution in [3.8, 4) is 5.75 Å². The van der Waals surface area contributed by atoms with Crippen molar-refractivity contribution >= 4 is 88.8 Å². The predicted octanol–water partition coefficient (Wildman–Crippen LogP) is -4.48. The summed E-state index contributed by atoms with van der Waals surface area (Å²) in [5, 5.41) is 36.3. The van der Waals surface area contributed by atoms with Crippen LogP contribution >= 0.6 is 0 Å². The number of benzene rings is 2. The van der Waals surface area contributed by atoms with E-state index in [4.69, 9.17) is 51.6 Å². The Kier molecular flexibility index (Phi) is 39.8. The summed E-state index contributed by atoms with van der Waals surface area (Å²) in [7, 11) is 0. The van der Waals surface area contributed by atoms with Gasteiger partial charge in [0, 0.05) is 32.6 Å². The number of aliphatic imine (C=N–C) groups is 3. The molecule has 1 unspecified atom stereocenters. The molecular weight excluding hydrogens is 1360 g/mol. The van der Waals surface area contributed by atoms with Gasteiger partial charge in [0.05, 0.1) is 19.1 Å². The smallest absolute Gasteiger partial charge is 0.245 e. The lowest BCUT2D eigenvalue weighted by atomic mass is 9.96. The van der Waals surface area contributed by atoms with Crippen molar-refractivity contribution in [1.29, 1.82) is 0 Å². The molecule has 584 valence electrons. The van der Waals surface area contributed by atoms with Gasteiger partial charge in [0.25, 0.3) is 0 Å². The topological polar surface area (TPSA) is 620 Å². The van der Waals surface area contributed by atoms with Gasteiger partial charge in [-0.05, 0) is 137 Å². The number of nitrogens with two attached hydrogens (primary N) is 9. The van der Waals surface area contributed by atoms with Crippen LogP contribution in [0.5, 0.6) is 5.75 Å². The molecule has 0 spiro atoms. The predicted molar refractivity (Wildman–Crippen MR) is 396 cm³/mol. The molecule has 11 atom stereocenters. The molecular formula is C69H115N23O13. The molecule has 29 N–H and O–H groups in total. The van der Waals surface area contributed by atoms with Gasteiger partial charge in [-0.1, -0.05) is 90.4 Å². The number of primary amides is 1. The molecule has 0 bridgehead atoms. The van der Waals surface area contributed by atoms with E-state index in [9.17, 15) is 62.6 Å². The van der Waals surface area contributed by atoms with Crippen LogP contribution in [0.2, 0.25) is 0 Å². The number of guanidine groups is 3. The molecule has 0 radical (unpaired) electrons. The average molecular weight is 1470 g/mol. The number of aromatic hydroxyl groups is 1. The minimum Gasteiger partial charge on any atom is -0.508 e. The Labute approximate surface area is 613 Å². The summed E-state index contributed by atoms with van der Waals surface area (Å²) in [5.41, 5.74) is 52.5. The van der Waals surface area contributed by atoms with Crippen LogP contribution in [-0.4, -0.2) is 205 Å². The van der Waals surface area contributed by atoms with Crippen LogP contribution < -0.4 is 105 Å². The van der Waals surface area contributed by atoms with E-state index in [1.165, 1.54) is 17.0 Å². The second kappa shape index (κ2) is 47.1. The second-order valence-electron chi connectivity index (χ2n) is 27.0. The van der Waals surface area contributed by atoms with Gasteiger partial charge in [-0.15, -0.1) is 0 Å². The maximum Gasteiger partial charge on any atom is 0.245 e. The van der Waals surface area contributed by atoms with Gasteiger partial charge in [0.2, 0.25) is 70.9 Å². The van der Waals surface area contributed by atoms with Crippen molar-refractivity contribution in [1.82, 2.24) is 58.1 Å². The normalized spacial score (nSPS) is 15.4. The number of nitrogens with zero attached hydrogens (tertiary/aromatic N) is 4. The van der Waals surface area contributed by atoms with E-state index < -0.39 is 150 Å². The third kappa shape index (κ3) is 34.2. The largest absolute Gasteiger partial charge is 0.508 e. The highest BCUT2D eigenvalue weighted by atomic mass is 16.3. The second-order valence-corrected chi connectivity index (χ2v) is 27.0. The molecule has 0 aliphatic carbocycles.